The van der Waals surface area contributed by atoms with Crippen molar-refractivity contribution in [3.63, 3.8) is 0 Å². The maximum absolute atomic E-state index is 12.0. The Morgan fingerprint density at radius 3 is 2.90 bits per heavy atom. The zero-order valence-corrected chi connectivity index (χ0v) is 12.5. The summed E-state index contributed by atoms with van der Waals surface area (Å²) < 4.78 is 2.40. The van der Waals surface area contributed by atoms with Gasteiger partial charge in [0.05, 0.1) is 23.1 Å². The van der Waals surface area contributed by atoms with Gasteiger partial charge in [0.1, 0.15) is 0 Å². The zero-order valence-electron chi connectivity index (χ0n) is 10.1. The summed E-state index contributed by atoms with van der Waals surface area (Å²) >= 11 is 4.87. The molecule has 0 saturated heterocycles. The topological polar surface area (TPSA) is 75.1 Å². The molecule has 1 aromatic carbocycles. The first kappa shape index (κ1) is 13.1. The molecule has 2 aromatic heterocycles. The van der Waals surface area contributed by atoms with E-state index in [1.54, 1.807) is 12.1 Å². The smallest absolute Gasteiger partial charge is 0.337 e. The quantitative estimate of drug-likeness (QED) is 0.760. The molecular formula is C13H9BrN2O3S. The third-order valence-electron chi connectivity index (χ3n) is 2.96. The highest BCUT2D eigenvalue weighted by Crippen LogP contribution is 2.22. The Kier molecular flexibility index (Phi) is 3.23. The number of nitrogens with one attached hydrogen (secondary N) is 1. The van der Waals surface area contributed by atoms with Gasteiger partial charge in [-0.1, -0.05) is 6.07 Å². The van der Waals surface area contributed by atoms with Crippen molar-refractivity contribution in [1.82, 2.24) is 9.55 Å². The Morgan fingerprint density at radius 2 is 2.25 bits per heavy atom. The molecule has 0 spiro atoms. The molecule has 102 valence electrons. The van der Waals surface area contributed by atoms with Crippen LogP contribution in [0.2, 0.25) is 0 Å². The summed E-state index contributed by atoms with van der Waals surface area (Å²) in [6.07, 6.45) is 0. The average molecular weight is 353 g/mol. The molecule has 0 fully saturated rings. The summed E-state index contributed by atoms with van der Waals surface area (Å²) in [4.78, 5) is 27.0. The molecular weight excluding hydrogens is 344 g/mol. The van der Waals surface area contributed by atoms with E-state index < -0.39 is 5.97 Å². The molecule has 3 rings (SSSR count). The molecule has 2 heterocycles. The first-order valence-electron chi connectivity index (χ1n) is 5.74. The van der Waals surface area contributed by atoms with E-state index in [0.717, 1.165) is 9.35 Å². The fraction of sp³-hybridized carbons (Fsp3) is 0.0769. The van der Waals surface area contributed by atoms with Crippen LogP contribution >= 0.6 is 27.3 Å². The molecule has 20 heavy (non-hydrogen) atoms. The van der Waals surface area contributed by atoms with Crippen LogP contribution in [0.3, 0.4) is 0 Å². The van der Waals surface area contributed by atoms with Crippen molar-refractivity contribution in [2.45, 2.75) is 6.54 Å². The van der Waals surface area contributed by atoms with Gasteiger partial charge in [-0.3, -0.25) is 4.57 Å². The predicted molar refractivity (Wildman–Crippen MR) is 80.6 cm³/mol. The summed E-state index contributed by atoms with van der Waals surface area (Å²) in [5, 5.41) is 11.2. The van der Waals surface area contributed by atoms with E-state index in [4.69, 9.17) is 0 Å². The minimum absolute atomic E-state index is 0.122. The van der Waals surface area contributed by atoms with E-state index in [2.05, 4.69) is 20.9 Å². The number of hydrogen-bond donors (Lipinski definition) is 2. The van der Waals surface area contributed by atoms with Crippen LogP contribution in [0.15, 0.2) is 38.9 Å². The van der Waals surface area contributed by atoms with E-state index >= 15 is 0 Å². The first-order chi connectivity index (χ1) is 9.56. The van der Waals surface area contributed by atoms with Crippen LogP contribution in [0.4, 0.5) is 0 Å². The maximum atomic E-state index is 12.0. The summed E-state index contributed by atoms with van der Waals surface area (Å²) in [6, 6.07) is 6.73. The Labute approximate surface area is 125 Å². The maximum Gasteiger partial charge on any atom is 0.337 e. The van der Waals surface area contributed by atoms with Gasteiger partial charge in [-0.25, -0.2) is 9.59 Å². The molecule has 0 aliphatic heterocycles. The van der Waals surface area contributed by atoms with Gasteiger partial charge in [-0.05, 0) is 34.1 Å². The van der Waals surface area contributed by atoms with Gasteiger partial charge in [-0.15, -0.1) is 11.3 Å². The molecule has 0 aliphatic rings. The van der Waals surface area contributed by atoms with Crippen LogP contribution in [0.1, 0.15) is 15.2 Å². The predicted octanol–water partition coefficient (Wildman–Crippen LogP) is 2.90. The molecule has 0 amide bonds. The number of nitrogens with zero attached hydrogens (tertiary/aromatic N) is 1. The number of hydrogen-bond acceptors (Lipinski definition) is 3. The number of carboxylic acids is 1. The van der Waals surface area contributed by atoms with Crippen LogP contribution in [-0.2, 0) is 6.54 Å². The number of carbonyl (C=O) groups is 1. The molecule has 0 atom stereocenters. The van der Waals surface area contributed by atoms with Crippen molar-refractivity contribution in [1.29, 1.82) is 0 Å². The van der Waals surface area contributed by atoms with Crippen LogP contribution in [-0.4, -0.2) is 20.6 Å². The summed E-state index contributed by atoms with van der Waals surface area (Å²) in [5.74, 6) is -1.05. The lowest BCUT2D eigenvalue weighted by Gasteiger charge is -2.04. The van der Waals surface area contributed by atoms with Crippen molar-refractivity contribution in [2.24, 2.45) is 0 Å². The van der Waals surface area contributed by atoms with Gasteiger partial charge >= 0.3 is 11.7 Å². The van der Waals surface area contributed by atoms with Gasteiger partial charge in [0.25, 0.3) is 0 Å². The monoisotopic (exact) mass is 352 g/mol. The van der Waals surface area contributed by atoms with Crippen molar-refractivity contribution in [3.8, 4) is 0 Å². The minimum atomic E-state index is -1.05. The van der Waals surface area contributed by atoms with Crippen molar-refractivity contribution in [3.05, 3.63) is 55.0 Å². The number of rotatable bonds is 3. The van der Waals surface area contributed by atoms with Gasteiger partial charge < -0.3 is 10.1 Å². The Bertz CT molecular complexity index is 862. The second-order valence-electron chi connectivity index (χ2n) is 4.25. The van der Waals surface area contributed by atoms with Gasteiger partial charge in [0, 0.05) is 14.7 Å². The molecule has 7 heteroatoms. The highest BCUT2D eigenvalue weighted by molar-refractivity contribution is 9.10. The number of aromatic carboxylic acids is 1. The SMILES string of the molecule is O=C(O)c1cccc2[nH]c(=O)n(Cc3cc(Br)cs3)c12. The van der Waals surface area contributed by atoms with E-state index in [9.17, 15) is 14.7 Å². The normalized spacial score (nSPS) is 11.1. The van der Waals surface area contributed by atoms with Gasteiger partial charge in [0.2, 0.25) is 0 Å². The fourth-order valence-electron chi connectivity index (χ4n) is 2.14. The van der Waals surface area contributed by atoms with Gasteiger partial charge in [0.15, 0.2) is 0 Å². The van der Waals surface area contributed by atoms with E-state index in [0.29, 0.717) is 17.6 Å². The Hall–Kier alpha value is -1.86. The third-order valence-corrected chi connectivity index (χ3v) is 4.64. The summed E-state index contributed by atoms with van der Waals surface area (Å²) in [7, 11) is 0. The molecule has 0 radical (unpaired) electrons. The highest BCUT2D eigenvalue weighted by Gasteiger charge is 2.15. The number of carboxylic acid groups (broad SMARTS) is 1. The van der Waals surface area contributed by atoms with Gasteiger partial charge in [-0.2, -0.15) is 0 Å². The number of thiophene rings is 1. The molecule has 0 bridgehead atoms. The van der Waals surface area contributed by atoms with E-state index in [1.807, 2.05) is 11.4 Å². The standard InChI is InChI=1S/C13H9BrN2O3S/c14-7-4-8(20-6-7)5-16-11-9(12(17)18)2-1-3-10(11)15-13(16)19/h1-4,6H,5H2,(H,15,19)(H,17,18). The van der Waals surface area contributed by atoms with Crippen molar-refractivity contribution < 1.29 is 9.90 Å². The number of fused-ring (bicyclic) bond motifs is 1. The number of aromatic nitrogens is 2. The number of H-pyrrole nitrogens is 1. The molecule has 3 aromatic rings. The lowest BCUT2D eigenvalue weighted by Crippen LogP contribution is -2.17. The fourth-order valence-corrected chi connectivity index (χ4v) is 3.57. The number of para-hydroxylation sites is 1. The molecule has 0 unspecified atom stereocenters. The van der Waals surface area contributed by atoms with Crippen molar-refractivity contribution in [2.75, 3.05) is 0 Å². The third kappa shape index (κ3) is 2.19. The Morgan fingerprint density at radius 1 is 1.45 bits per heavy atom. The van der Waals surface area contributed by atoms with Crippen LogP contribution in [0.5, 0.6) is 0 Å². The second-order valence-corrected chi connectivity index (χ2v) is 6.17. The number of halogens is 1. The second kappa shape index (κ2) is 4.92. The van der Waals surface area contributed by atoms with Crippen molar-refractivity contribution >= 4 is 44.3 Å². The lowest BCUT2D eigenvalue weighted by atomic mass is 10.2. The average Bonchev–Trinajstić information content (AvgIpc) is 2.94. The number of aromatic amines is 1. The minimum Gasteiger partial charge on any atom is -0.478 e. The van der Waals surface area contributed by atoms with Crippen LogP contribution in [0.25, 0.3) is 11.0 Å². The molecule has 0 aliphatic carbocycles. The molecule has 0 saturated carbocycles. The van der Waals surface area contributed by atoms with E-state index in [-0.39, 0.29) is 11.3 Å². The Balaban J connectivity index is 2.21. The van der Waals surface area contributed by atoms with Crippen LogP contribution in [0, 0.1) is 0 Å². The molecule has 5 nitrogen and oxygen atoms in total. The first-order valence-corrected chi connectivity index (χ1v) is 7.41. The summed E-state index contributed by atoms with van der Waals surface area (Å²) in [6.45, 7) is 0.347. The molecule has 2 N–H and O–H groups in total. The largest absolute Gasteiger partial charge is 0.478 e. The highest BCUT2D eigenvalue weighted by atomic mass is 79.9. The number of imidazole rings is 1. The summed E-state index contributed by atoms with van der Waals surface area (Å²) in [5.41, 5.74) is 0.773. The zero-order chi connectivity index (χ0) is 14.3. The van der Waals surface area contributed by atoms with E-state index in [1.165, 1.54) is 22.0 Å². The number of benzene rings is 1. The van der Waals surface area contributed by atoms with Crippen LogP contribution < -0.4 is 5.69 Å². The lowest BCUT2D eigenvalue weighted by molar-refractivity contribution is 0.0698.